The molecule has 6 nitrogen and oxygen atoms in total. The van der Waals surface area contributed by atoms with E-state index in [2.05, 4.69) is 20.5 Å². The first-order valence-electron chi connectivity index (χ1n) is 7.24. The average Bonchev–Trinajstić information content (AvgIpc) is 3.20. The minimum Gasteiger partial charge on any atom is -0.317 e. The zero-order valence-electron chi connectivity index (χ0n) is 13.3. The summed E-state index contributed by atoms with van der Waals surface area (Å²) in [5, 5.41) is 11.3. The Bertz CT molecular complexity index is 908. The van der Waals surface area contributed by atoms with E-state index >= 15 is 0 Å². The summed E-state index contributed by atoms with van der Waals surface area (Å²) in [4.78, 5) is 15.1. The second-order valence-electron chi connectivity index (χ2n) is 5.10. The second kappa shape index (κ2) is 7.46. The highest BCUT2D eigenvalue weighted by Gasteiger charge is 2.32. The molecule has 11 heteroatoms. The number of pyridine rings is 1. The van der Waals surface area contributed by atoms with Crippen LogP contribution in [0, 0.1) is 0 Å². The van der Waals surface area contributed by atoms with Crippen molar-refractivity contribution in [1.82, 2.24) is 19.7 Å². The topological polar surface area (TPSA) is 72.7 Å². The molecule has 3 aromatic heterocycles. The van der Waals surface area contributed by atoms with Gasteiger partial charge in [-0.2, -0.15) is 13.2 Å². The van der Waals surface area contributed by atoms with Crippen molar-refractivity contribution in [3.05, 3.63) is 41.5 Å². The number of thioether (sulfide) groups is 1. The quantitative estimate of drug-likeness (QED) is 0.663. The number of nitrogens with zero attached hydrogens (tertiary/aromatic N) is 4. The molecule has 3 rings (SSSR count). The summed E-state index contributed by atoms with van der Waals surface area (Å²) in [6.07, 6.45) is -1.13. The van der Waals surface area contributed by atoms with E-state index in [9.17, 15) is 18.0 Å². The van der Waals surface area contributed by atoms with Crippen LogP contribution in [-0.4, -0.2) is 31.4 Å². The lowest BCUT2D eigenvalue weighted by molar-refractivity contribution is -0.134. The molecular formula is C15H12F3N5OS2. The van der Waals surface area contributed by atoms with Crippen molar-refractivity contribution >= 4 is 34.0 Å². The highest BCUT2D eigenvalue weighted by molar-refractivity contribution is 7.99. The minimum absolute atomic E-state index is 0.00156. The first-order chi connectivity index (χ1) is 12.3. The molecule has 0 saturated heterocycles. The molecule has 0 aromatic carbocycles. The van der Waals surface area contributed by atoms with Crippen LogP contribution >= 0.6 is 23.1 Å². The van der Waals surface area contributed by atoms with E-state index in [4.69, 9.17) is 0 Å². The molecule has 26 heavy (non-hydrogen) atoms. The number of hydrogen-bond donors (Lipinski definition) is 1. The lowest BCUT2D eigenvalue weighted by Crippen LogP contribution is -2.13. The molecule has 3 heterocycles. The largest absolute Gasteiger partial charge is 0.425 e. The third-order valence-electron chi connectivity index (χ3n) is 3.25. The lowest BCUT2D eigenvalue weighted by atomic mass is 10.2. The summed E-state index contributed by atoms with van der Waals surface area (Å²) in [6, 6.07) is 5.76. The van der Waals surface area contributed by atoms with Crippen molar-refractivity contribution < 1.29 is 18.0 Å². The third kappa shape index (κ3) is 4.22. The van der Waals surface area contributed by atoms with E-state index in [1.165, 1.54) is 6.07 Å². The van der Waals surface area contributed by atoms with Crippen LogP contribution in [0.25, 0.3) is 11.4 Å². The number of carbonyl (C=O) groups excluding carboxylic acids is 1. The summed E-state index contributed by atoms with van der Waals surface area (Å²) in [7, 11) is 1.77. The summed E-state index contributed by atoms with van der Waals surface area (Å²) in [5.74, 6) is 0.212. The van der Waals surface area contributed by atoms with Gasteiger partial charge in [-0.3, -0.25) is 9.78 Å². The molecule has 0 radical (unpaired) electrons. The maximum atomic E-state index is 12.6. The van der Waals surface area contributed by atoms with E-state index in [1.54, 1.807) is 36.1 Å². The fourth-order valence-corrected chi connectivity index (χ4v) is 3.55. The van der Waals surface area contributed by atoms with Crippen LogP contribution in [0.1, 0.15) is 4.88 Å². The molecule has 0 spiro atoms. The van der Waals surface area contributed by atoms with E-state index in [0.29, 0.717) is 22.3 Å². The highest BCUT2D eigenvalue weighted by atomic mass is 32.2. The molecule has 0 aliphatic rings. The fraction of sp³-hybridized carbons (Fsp3) is 0.200. The maximum absolute atomic E-state index is 12.6. The Kier molecular flexibility index (Phi) is 5.28. The van der Waals surface area contributed by atoms with Crippen LogP contribution < -0.4 is 5.32 Å². The maximum Gasteiger partial charge on any atom is 0.425 e. The van der Waals surface area contributed by atoms with Gasteiger partial charge in [0.1, 0.15) is 4.88 Å². The fourth-order valence-electron chi connectivity index (χ4n) is 2.05. The number of rotatable bonds is 5. The number of carbonyl (C=O) groups is 1. The van der Waals surface area contributed by atoms with Crippen LogP contribution in [0.4, 0.5) is 18.2 Å². The van der Waals surface area contributed by atoms with Crippen molar-refractivity contribution in [1.29, 1.82) is 0 Å². The van der Waals surface area contributed by atoms with Gasteiger partial charge in [-0.25, -0.2) is 0 Å². The van der Waals surface area contributed by atoms with E-state index in [-0.39, 0.29) is 10.8 Å². The standard InChI is InChI=1S/C15H12F3N5OS2/c1-23-13(9-4-6-19-7-5-9)21-22-14(23)25-8-11(24)20-12-3-2-10(26-12)15(16,17)18/h2-7H,8H2,1H3,(H,20,24). The second-order valence-corrected chi connectivity index (χ2v) is 7.13. The molecule has 136 valence electrons. The first kappa shape index (κ1) is 18.4. The number of amides is 1. The molecular weight excluding hydrogens is 387 g/mol. The molecule has 1 N–H and O–H groups in total. The van der Waals surface area contributed by atoms with Gasteiger partial charge in [0.05, 0.1) is 10.8 Å². The SMILES string of the molecule is Cn1c(SCC(=O)Nc2ccc(C(F)(F)F)s2)nnc1-c1ccncc1. The molecule has 0 aliphatic heterocycles. The minimum atomic E-state index is -4.41. The highest BCUT2D eigenvalue weighted by Crippen LogP contribution is 2.36. The number of halogens is 3. The zero-order valence-corrected chi connectivity index (χ0v) is 15.0. The van der Waals surface area contributed by atoms with Gasteiger partial charge in [0.25, 0.3) is 0 Å². The van der Waals surface area contributed by atoms with Crippen LogP contribution in [-0.2, 0) is 18.0 Å². The Morgan fingerprint density at radius 2 is 1.96 bits per heavy atom. The van der Waals surface area contributed by atoms with Gasteiger partial charge in [-0.15, -0.1) is 21.5 Å². The number of nitrogens with one attached hydrogen (secondary N) is 1. The van der Waals surface area contributed by atoms with E-state index in [1.807, 2.05) is 0 Å². The van der Waals surface area contributed by atoms with Gasteiger partial charge in [-0.1, -0.05) is 11.8 Å². The summed E-state index contributed by atoms with van der Waals surface area (Å²) in [6.45, 7) is 0. The number of alkyl halides is 3. The number of thiophene rings is 1. The van der Waals surface area contributed by atoms with Gasteiger partial charge < -0.3 is 9.88 Å². The van der Waals surface area contributed by atoms with Crippen molar-refractivity contribution in [3.63, 3.8) is 0 Å². The molecule has 0 saturated carbocycles. The predicted molar refractivity (Wildman–Crippen MR) is 92.9 cm³/mol. The Hall–Kier alpha value is -2.40. The zero-order chi connectivity index (χ0) is 18.7. The molecule has 0 fully saturated rings. The molecule has 0 atom stereocenters. The van der Waals surface area contributed by atoms with Crippen molar-refractivity contribution in [2.45, 2.75) is 11.3 Å². The van der Waals surface area contributed by atoms with E-state index in [0.717, 1.165) is 23.4 Å². The third-order valence-corrected chi connectivity index (χ3v) is 5.32. The first-order valence-corrected chi connectivity index (χ1v) is 9.04. The number of aromatic nitrogens is 4. The Balaban J connectivity index is 1.60. The van der Waals surface area contributed by atoms with Crippen molar-refractivity contribution in [2.75, 3.05) is 11.1 Å². The van der Waals surface area contributed by atoms with Crippen LogP contribution in [0.15, 0.2) is 41.8 Å². The number of hydrogen-bond acceptors (Lipinski definition) is 6. The van der Waals surface area contributed by atoms with Crippen molar-refractivity contribution in [3.8, 4) is 11.4 Å². The van der Waals surface area contributed by atoms with Gasteiger partial charge >= 0.3 is 6.18 Å². The summed E-state index contributed by atoms with van der Waals surface area (Å²) >= 11 is 1.64. The lowest BCUT2D eigenvalue weighted by Gasteiger charge is -2.04. The van der Waals surface area contributed by atoms with Gasteiger partial charge in [-0.05, 0) is 24.3 Å². The van der Waals surface area contributed by atoms with Crippen LogP contribution in [0.3, 0.4) is 0 Å². The van der Waals surface area contributed by atoms with Gasteiger partial charge in [0.15, 0.2) is 11.0 Å². The Labute approximate surface area is 154 Å². The van der Waals surface area contributed by atoms with Crippen LogP contribution in [0.2, 0.25) is 0 Å². The molecule has 0 bridgehead atoms. The molecule has 3 aromatic rings. The van der Waals surface area contributed by atoms with E-state index < -0.39 is 17.0 Å². The summed E-state index contributed by atoms with van der Waals surface area (Å²) < 4.78 is 39.4. The normalized spacial score (nSPS) is 11.5. The molecule has 0 unspecified atom stereocenters. The predicted octanol–water partition coefficient (Wildman–Crippen LogP) is 3.69. The number of anilines is 1. The Morgan fingerprint density at radius 1 is 1.23 bits per heavy atom. The van der Waals surface area contributed by atoms with Gasteiger partial charge in [0.2, 0.25) is 5.91 Å². The average molecular weight is 399 g/mol. The summed E-state index contributed by atoms with van der Waals surface area (Å²) in [5.41, 5.74) is 0.838. The van der Waals surface area contributed by atoms with Crippen LogP contribution in [0.5, 0.6) is 0 Å². The smallest absolute Gasteiger partial charge is 0.317 e. The van der Waals surface area contributed by atoms with Gasteiger partial charge in [0, 0.05) is 25.0 Å². The molecule has 1 amide bonds. The monoisotopic (exact) mass is 399 g/mol. The molecule has 0 aliphatic carbocycles. The Morgan fingerprint density at radius 3 is 2.62 bits per heavy atom. The van der Waals surface area contributed by atoms with Crippen molar-refractivity contribution in [2.24, 2.45) is 7.05 Å².